The predicted molar refractivity (Wildman–Crippen MR) is 55.3 cm³/mol. The standard InChI is InChI=1S/C11H7F3N2O/c12-11(13,14)8-3-1-2-7(6-8)9-10(17)16-5-4-15-9/h1-6H,(H,16,17). The number of hydrogen-bond acceptors (Lipinski definition) is 2. The summed E-state index contributed by atoms with van der Waals surface area (Å²) in [6.45, 7) is 0. The number of halogens is 3. The van der Waals surface area contributed by atoms with Crippen LogP contribution in [0.15, 0.2) is 41.5 Å². The van der Waals surface area contributed by atoms with Gasteiger partial charge in [-0.15, -0.1) is 0 Å². The number of H-pyrrole nitrogens is 1. The summed E-state index contributed by atoms with van der Waals surface area (Å²) in [5.74, 6) is 0. The molecule has 0 bridgehead atoms. The van der Waals surface area contributed by atoms with Crippen LogP contribution in [0, 0.1) is 0 Å². The fraction of sp³-hybridized carbons (Fsp3) is 0.0909. The van der Waals surface area contributed by atoms with E-state index in [1.807, 2.05) is 0 Å². The number of nitrogens with zero attached hydrogens (tertiary/aromatic N) is 1. The number of hydrogen-bond donors (Lipinski definition) is 1. The normalized spacial score (nSPS) is 11.5. The molecule has 0 radical (unpaired) electrons. The number of rotatable bonds is 1. The second-order valence-electron chi connectivity index (χ2n) is 3.35. The Kier molecular flexibility index (Phi) is 2.71. The summed E-state index contributed by atoms with van der Waals surface area (Å²) < 4.78 is 37.4. The van der Waals surface area contributed by atoms with Gasteiger partial charge in [-0.1, -0.05) is 12.1 Å². The van der Waals surface area contributed by atoms with Crippen molar-refractivity contribution in [2.75, 3.05) is 0 Å². The predicted octanol–water partition coefficient (Wildman–Crippen LogP) is 2.46. The van der Waals surface area contributed by atoms with Crippen molar-refractivity contribution in [3.63, 3.8) is 0 Å². The van der Waals surface area contributed by atoms with E-state index in [4.69, 9.17) is 0 Å². The fourth-order valence-corrected chi connectivity index (χ4v) is 1.40. The SMILES string of the molecule is O=c1[nH]ccnc1-c1cccc(C(F)(F)F)c1. The minimum atomic E-state index is -4.43. The average Bonchev–Trinajstić information content (AvgIpc) is 2.29. The highest BCUT2D eigenvalue weighted by atomic mass is 19.4. The van der Waals surface area contributed by atoms with Crippen LogP contribution in [0.25, 0.3) is 11.3 Å². The highest BCUT2D eigenvalue weighted by molar-refractivity contribution is 5.58. The van der Waals surface area contributed by atoms with E-state index >= 15 is 0 Å². The second-order valence-corrected chi connectivity index (χ2v) is 3.35. The molecule has 1 aromatic heterocycles. The van der Waals surface area contributed by atoms with Gasteiger partial charge in [-0.25, -0.2) is 4.98 Å². The molecule has 0 saturated heterocycles. The van der Waals surface area contributed by atoms with Crippen LogP contribution in [0.4, 0.5) is 13.2 Å². The van der Waals surface area contributed by atoms with Gasteiger partial charge in [0, 0.05) is 18.0 Å². The van der Waals surface area contributed by atoms with Crippen LogP contribution in [0.2, 0.25) is 0 Å². The largest absolute Gasteiger partial charge is 0.416 e. The molecule has 0 saturated carbocycles. The summed E-state index contributed by atoms with van der Waals surface area (Å²) >= 11 is 0. The molecule has 17 heavy (non-hydrogen) atoms. The first-order valence-corrected chi connectivity index (χ1v) is 4.70. The first-order valence-electron chi connectivity index (χ1n) is 4.70. The van der Waals surface area contributed by atoms with Crippen molar-refractivity contribution >= 4 is 0 Å². The van der Waals surface area contributed by atoms with Gasteiger partial charge in [0.1, 0.15) is 5.69 Å². The molecule has 2 rings (SSSR count). The number of nitrogens with one attached hydrogen (secondary N) is 1. The summed E-state index contributed by atoms with van der Waals surface area (Å²) in [7, 11) is 0. The number of alkyl halides is 3. The van der Waals surface area contributed by atoms with Crippen molar-refractivity contribution in [3.8, 4) is 11.3 Å². The Morgan fingerprint density at radius 1 is 1.24 bits per heavy atom. The molecule has 0 spiro atoms. The summed E-state index contributed by atoms with van der Waals surface area (Å²) in [6, 6.07) is 4.50. The third-order valence-electron chi connectivity index (χ3n) is 2.17. The lowest BCUT2D eigenvalue weighted by Crippen LogP contribution is -2.11. The zero-order valence-electron chi connectivity index (χ0n) is 8.45. The molecule has 0 fully saturated rings. The van der Waals surface area contributed by atoms with Crippen LogP contribution < -0.4 is 5.56 Å². The molecule has 1 N–H and O–H groups in total. The monoisotopic (exact) mass is 240 g/mol. The third-order valence-corrected chi connectivity index (χ3v) is 2.17. The van der Waals surface area contributed by atoms with E-state index in [0.717, 1.165) is 12.1 Å². The quantitative estimate of drug-likeness (QED) is 0.832. The van der Waals surface area contributed by atoms with E-state index in [2.05, 4.69) is 9.97 Å². The summed E-state index contributed by atoms with van der Waals surface area (Å²) in [4.78, 5) is 17.5. The molecule has 1 heterocycles. The van der Waals surface area contributed by atoms with E-state index in [0.29, 0.717) is 0 Å². The van der Waals surface area contributed by atoms with Crippen molar-refractivity contribution in [2.45, 2.75) is 6.18 Å². The van der Waals surface area contributed by atoms with Crippen LogP contribution in [0.5, 0.6) is 0 Å². The molecular formula is C11H7F3N2O. The van der Waals surface area contributed by atoms with Gasteiger partial charge < -0.3 is 4.98 Å². The smallest absolute Gasteiger partial charge is 0.326 e. The Morgan fingerprint density at radius 3 is 2.65 bits per heavy atom. The minimum absolute atomic E-state index is 0.0291. The number of benzene rings is 1. The summed E-state index contributed by atoms with van der Waals surface area (Å²) in [5.41, 5.74) is -1.22. The summed E-state index contributed by atoms with van der Waals surface area (Å²) in [6.07, 6.45) is -1.80. The van der Waals surface area contributed by atoms with Gasteiger partial charge in [-0.2, -0.15) is 13.2 Å². The zero-order chi connectivity index (χ0) is 12.5. The Bertz CT molecular complexity index is 590. The maximum absolute atomic E-state index is 12.5. The van der Waals surface area contributed by atoms with Crippen molar-refractivity contribution in [1.82, 2.24) is 9.97 Å². The first kappa shape index (κ1) is 11.4. The Labute approximate surface area is 94.0 Å². The van der Waals surface area contributed by atoms with Gasteiger partial charge >= 0.3 is 6.18 Å². The van der Waals surface area contributed by atoms with Gasteiger partial charge in [0.05, 0.1) is 5.56 Å². The Hall–Kier alpha value is -2.11. The van der Waals surface area contributed by atoms with Crippen molar-refractivity contribution in [2.24, 2.45) is 0 Å². The van der Waals surface area contributed by atoms with Crippen LogP contribution in [0.1, 0.15) is 5.56 Å². The zero-order valence-corrected chi connectivity index (χ0v) is 8.45. The second kappa shape index (κ2) is 4.04. The van der Waals surface area contributed by atoms with E-state index in [9.17, 15) is 18.0 Å². The lowest BCUT2D eigenvalue weighted by atomic mass is 10.1. The van der Waals surface area contributed by atoms with Gasteiger partial charge in [-0.05, 0) is 12.1 Å². The fourth-order valence-electron chi connectivity index (χ4n) is 1.40. The maximum Gasteiger partial charge on any atom is 0.416 e. The van der Waals surface area contributed by atoms with Crippen LogP contribution in [-0.2, 0) is 6.18 Å². The van der Waals surface area contributed by atoms with Crippen LogP contribution in [-0.4, -0.2) is 9.97 Å². The van der Waals surface area contributed by atoms with Crippen LogP contribution >= 0.6 is 0 Å². The molecule has 6 heteroatoms. The van der Waals surface area contributed by atoms with Crippen molar-refractivity contribution in [1.29, 1.82) is 0 Å². The maximum atomic E-state index is 12.5. The van der Waals surface area contributed by atoms with E-state index < -0.39 is 17.3 Å². The topological polar surface area (TPSA) is 45.8 Å². The van der Waals surface area contributed by atoms with Gasteiger partial charge in [0.15, 0.2) is 0 Å². The lowest BCUT2D eigenvalue weighted by molar-refractivity contribution is -0.137. The number of aromatic amines is 1. The van der Waals surface area contributed by atoms with Crippen molar-refractivity contribution < 1.29 is 13.2 Å². The average molecular weight is 240 g/mol. The molecule has 2 aromatic rings. The lowest BCUT2D eigenvalue weighted by Gasteiger charge is -2.07. The van der Waals surface area contributed by atoms with Gasteiger partial charge in [0.2, 0.25) is 0 Å². The Morgan fingerprint density at radius 2 is 2.00 bits per heavy atom. The van der Waals surface area contributed by atoms with Gasteiger partial charge in [0.25, 0.3) is 5.56 Å². The number of aromatic nitrogens is 2. The van der Waals surface area contributed by atoms with E-state index in [1.54, 1.807) is 0 Å². The molecule has 3 nitrogen and oxygen atoms in total. The molecule has 1 aromatic carbocycles. The Balaban J connectivity index is 2.55. The molecule has 0 aliphatic rings. The molecule has 0 aliphatic carbocycles. The third kappa shape index (κ3) is 2.35. The highest BCUT2D eigenvalue weighted by Crippen LogP contribution is 2.30. The first-order chi connectivity index (χ1) is 7.98. The van der Waals surface area contributed by atoms with E-state index in [-0.39, 0.29) is 11.3 Å². The minimum Gasteiger partial charge on any atom is -0.326 e. The molecule has 0 atom stereocenters. The molecular weight excluding hydrogens is 233 g/mol. The molecule has 0 amide bonds. The highest BCUT2D eigenvalue weighted by Gasteiger charge is 2.30. The summed E-state index contributed by atoms with van der Waals surface area (Å²) in [5, 5.41) is 0. The molecule has 0 unspecified atom stereocenters. The van der Waals surface area contributed by atoms with Crippen LogP contribution in [0.3, 0.4) is 0 Å². The van der Waals surface area contributed by atoms with Crippen molar-refractivity contribution in [3.05, 3.63) is 52.6 Å². The van der Waals surface area contributed by atoms with Gasteiger partial charge in [-0.3, -0.25) is 4.79 Å². The molecule has 0 aliphatic heterocycles. The molecule has 88 valence electrons. The van der Waals surface area contributed by atoms with E-state index in [1.165, 1.54) is 24.5 Å².